The van der Waals surface area contributed by atoms with Crippen LogP contribution in [0.5, 0.6) is 11.5 Å². The minimum atomic E-state index is -0.753. The summed E-state index contributed by atoms with van der Waals surface area (Å²) >= 11 is 0. The smallest absolute Gasteiger partial charge is 0.305 e. The van der Waals surface area contributed by atoms with Gasteiger partial charge in [0.1, 0.15) is 11.5 Å². The van der Waals surface area contributed by atoms with Crippen molar-refractivity contribution >= 4 is 11.9 Å². The SMILES string of the molecule is CC(C)(C)NCC(O)c1cc(O)cc(O)c1.CC(C)C(=O)O.CC(C)C(=O)O. The minimum Gasteiger partial charge on any atom is -0.508 e. The third kappa shape index (κ3) is 15.9. The number of β-amino-alcohol motifs (C(OH)–C–C–N with tert-alkyl or cyclic N) is 1. The monoisotopic (exact) mass is 401 g/mol. The third-order valence-corrected chi connectivity index (χ3v) is 3.12. The largest absolute Gasteiger partial charge is 0.508 e. The molecule has 0 fully saturated rings. The molecule has 0 saturated carbocycles. The average Bonchev–Trinajstić information content (AvgIpc) is 2.51. The molecule has 0 saturated heterocycles. The number of hydrogen-bond acceptors (Lipinski definition) is 6. The lowest BCUT2D eigenvalue weighted by molar-refractivity contribution is -0.141. The number of phenols is 2. The van der Waals surface area contributed by atoms with Gasteiger partial charge in [-0.2, -0.15) is 0 Å². The van der Waals surface area contributed by atoms with Gasteiger partial charge in [0.05, 0.1) is 17.9 Å². The zero-order valence-corrected chi connectivity index (χ0v) is 17.7. The summed E-state index contributed by atoms with van der Waals surface area (Å²) < 4.78 is 0. The topological polar surface area (TPSA) is 147 Å². The van der Waals surface area contributed by atoms with Gasteiger partial charge in [0.15, 0.2) is 0 Å². The van der Waals surface area contributed by atoms with Crippen molar-refractivity contribution in [3.05, 3.63) is 23.8 Å². The van der Waals surface area contributed by atoms with E-state index in [1.165, 1.54) is 18.2 Å². The van der Waals surface area contributed by atoms with E-state index >= 15 is 0 Å². The molecular weight excluding hydrogens is 366 g/mol. The highest BCUT2D eigenvalue weighted by molar-refractivity contribution is 5.69. The summed E-state index contributed by atoms with van der Waals surface area (Å²) in [7, 11) is 0. The van der Waals surface area contributed by atoms with Crippen LogP contribution < -0.4 is 5.32 Å². The molecule has 162 valence electrons. The Morgan fingerprint density at radius 1 is 0.893 bits per heavy atom. The van der Waals surface area contributed by atoms with Gasteiger partial charge in [-0.05, 0) is 38.5 Å². The number of aromatic hydroxyl groups is 2. The molecule has 0 amide bonds. The summed E-state index contributed by atoms with van der Waals surface area (Å²) in [5.74, 6) is -2.05. The van der Waals surface area contributed by atoms with Gasteiger partial charge in [0.25, 0.3) is 0 Å². The van der Waals surface area contributed by atoms with Crippen LogP contribution in [0.15, 0.2) is 18.2 Å². The fraction of sp³-hybridized carbons (Fsp3) is 0.600. The van der Waals surface area contributed by atoms with E-state index < -0.39 is 18.0 Å². The quantitative estimate of drug-likeness (QED) is 0.441. The van der Waals surface area contributed by atoms with Crippen molar-refractivity contribution in [2.75, 3.05) is 6.54 Å². The second kappa shape index (κ2) is 13.0. The molecule has 8 heteroatoms. The number of phenolic OH excluding ortho intramolecular Hbond substituents is 2. The number of carbonyl (C=O) groups is 2. The summed E-state index contributed by atoms with van der Waals surface area (Å²) in [6.45, 7) is 12.9. The lowest BCUT2D eigenvalue weighted by atomic mass is 10.1. The molecule has 0 spiro atoms. The van der Waals surface area contributed by atoms with Crippen molar-refractivity contribution in [2.24, 2.45) is 11.8 Å². The number of nitrogens with one attached hydrogen (secondary N) is 1. The maximum absolute atomic E-state index is 9.85. The van der Waals surface area contributed by atoms with Crippen molar-refractivity contribution in [2.45, 2.75) is 60.1 Å². The maximum Gasteiger partial charge on any atom is 0.305 e. The van der Waals surface area contributed by atoms with E-state index in [0.29, 0.717) is 12.1 Å². The van der Waals surface area contributed by atoms with Gasteiger partial charge in [-0.3, -0.25) is 9.59 Å². The van der Waals surface area contributed by atoms with Crippen LogP contribution in [-0.4, -0.2) is 49.6 Å². The van der Waals surface area contributed by atoms with Crippen LogP contribution in [0.3, 0.4) is 0 Å². The van der Waals surface area contributed by atoms with Crippen molar-refractivity contribution in [1.82, 2.24) is 5.32 Å². The summed E-state index contributed by atoms with van der Waals surface area (Å²) in [5, 5.41) is 47.5. The Morgan fingerprint density at radius 3 is 1.46 bits per heavy atom. The minimum absolute atomic E-state index is 0.0511. The molecule has 0 bridgehead atoms. The first-order valence-electron chi connectivity index (χ1n) is 8.98. The molecular formula is C20H35NO7. The second-order valence-electron chi connectivity index (χ2n) is 7.92. The molecule has 0 aliphatic heterocycles. The Kier molecular flexibility index (Phi) is 12.9. The average molecular weight is 402 g/mol. The van der Waals surface area contributed by atoms with E-state index in [1.54, 1.807) is 27.7 Å². The van der Waals surface area contributed by atoms with Crippen LogP contribution in [0.1, 0.15) is 60.1 Å². The first-order valence-corrected chi connectivity index (χ1v) is 8.98. The lowest BCUT2D eigenvalue weighted by Gasteiger charge is -2.23. The van der Waals surface area contributed by atoms with Crippen molar-refractivity contribution in [3.8, 4) is 11.5 Å². The zero-order chi connectivity index (χ0) is 22.7. The summed E-state index contributed by atoms with van der Waals surface area (Å²) in [6, 6.07) is 4.11. The standard InChI is InChI=1S/C12H19NO3.2C4H8O2/c1-12(2,3)13-7-11(16)8-4-9(14)6-10(15)5-8;2*1-3(2)4(5)6/h4-6,11,13-16H,7H2,1-3H3;2*3H,1-2H3,(H,5,6). The molecule has 6 N–H and O–H groups in total. The second-order valence-corrected chi connectivity index (χ2v) is 7.92. The highest BCUT2D eigenvalue weighted by atomic mass is 16.4. The normalized spacial score (nSPS) is 11.8. The molecule has 1 rings (SSSR count). The van der Waals surface area contributed by atoms with E-state index in [-0.39, 0.29) is 28.9 Å². The summed E-state index contributed by atoms with van der Waals surface area (Å²) in [5.41, 5.74) is 0.411. The predicted molar refractivity (Wildman–Crippen MR) is 107 cm³/mol. The van der Waals surface area contributed by atoms with Gasteiger partial charge in [0, 0.05) is 18.2 Å². The Labute approximate surface area is 166 Å². The van der Waals surface area contributed by atoms with E-state index in [9.17, 15) is 24.9 Å². The lowest BCUT2D eigenvalue weighted by Crippen LogP contribution is -2.38. The van der Waals surface area contributed by atoms with Crippen LogP contribution in [0.2, 0.25) is 0 Å². The van der Waals surface area contributed by atoms with Crippen molar-refractivity contribution < 1.29 is 35.1 Å². The van der Waals surface area contributed by atoms with E-state index in [1.807, 2.05) is 20.8 Å². The van der Waals surface area contributed by atoms with Gasteiger partial charge in [-0.1, -0.05) is 27.7 Å². The molecule has 1 aromatic carbocycles. The molecule has 0 aromatic heterocycles. The maximum atomic E-state index is 9.85. The molecule has 1 unspecified atom stereocenters. The number of carboxylic acids is 2. The van der Waals surface area contributed by atoms with Crippen LogP contribution in [0, 0.1) is 11.8 Å². The molecule has 1 atom stereocenters. The number of aliphatic carboxylic acids is 2. The molecule has 8 nitrogen and oxygen atoms in total. The highest BCUT2D eigenvalue weighted by Gasteiger charge is 2.14. The van der Waals surface area contributed by atoms with Crippen molar-refractivity contribution in [3.63, 3.8) is 0 Å². The van der Waals surface area contributed by atoms with Gasteiger partial charge >= 0.3 is 11.9 Å². The fourth-order valence-corrected chi connectivity index (χ4v) is 1.33. The number of carboxylic acid groups (broad SMARTS) is 2. The zero-order valence-electron chi connectivity index (χ0n) is 17.7. The molecule has 0 aliphatic rings. The first-order chi connectivity index (χ1) is 12.6. The first kappa shape index (κ1) is 27.9. The number of aliphatic hydroxyl groups excluding tert-OH is 1. The van der Waals surface area contributed by atoms with E-state index in [2.05, 4.69) is 5.32 Å². The van der Waals surface area contributed by atoms with Gasteiger partial charge < -0.3 is 30.8 Å². The third-order valence-electron chi connectivity index (χ3n) is 3.12. The molecule has 0 radical (unpaired) electrons. The summed E-state index contributed by atoms with van der Waals surface area (Å²) in [4.78, 5) is 19.4. The van der Waals surface area contributed by atoms with Crippen LogP contribution in [0.4, 0.5) is 0 Å². The van der Waals surface area contributed by atoms with Gasteiger partial charge in [-0.25, -0.2) is 0 Å². The Bertz CT molecular complexity index is 569. The highest BCUT2D eigenvalue weighted by Crippen LogP contribution is 2.24. The van der Waals surface area contributed by atoms with E-state index in [0.717, 1.165) is 0 Å². The number of benzene rings is 1. The molecule has 1 aromatic rings. The molecule has 28 heavy (non-hydrogen) atoms. The molecule has 0 aliphatic carbocycles. The Balaban J connectivity index is 0. The summed E-state index contributed by atoms with van der Waals surface area (Å²) in [6.07, 6.45) is -0.753. The molecule has 0 heterocycles. The van der Waals surface area contributed by atoms with Gasteiger partial charge in [-0.15, -0.1) is 0 Å². The number of aliphatic hydroxyl groups is 1. The van der Waals surface area contributed by atoms with Crippen molar-refractivity contribution in [1.29, 1.82) is 0 Å². The fourth-order valence-electron chi connectivity index (χ4n) is 1.33. The van der Waals surface area contributed by atoms with Gasteiger partial charge in [0.2, 0.25) is 0 Å². The Morgan fingerprint density at radius 2 is 1.21 bits per heavy atom. The van der Waals surface area contributed by atoms with Crippen LogP contribution >= 0.6 is 0 Å². The predicted octanol–water partition coefficient (Wildman–Crippen LogP) is 2.97. The van der Waals surface area contributed by atoms with E-state index in [4.69, 9.17) is 10.2 Å². The van der Waals surface area contributed by atoms with Crippen LogP contribution in [-0.2, 0) is 9.59 Å². The number of hydrogen-bond donors (Lipinski definition) is 6. The van der Waals surface area contributed by atoms with Crippen LogP contribution in [0.25, 0.3) is 0 Å². The number of rotatable bonds is 5. The Hall–Kier alpha value is -2.32.